The normalized spacial score (nSPS) is 12.3. The molecule has 0 aliphatic carbocycles. The van der Waals surface area contributed by atoms with Crippen LogP contribution in [-0.4, -0.2) is 43.3 Å². The summed E-state index contributed by atoms with van der Waals surface area (Å²) in [6.45, 7) is 4.98. The summed E-state index contributed by atoms with van der Waals surface area (Å²) >= 11 is 16.4. The number of amides is 2. The fraction of sp³-hybridized carbons (Fsp3) is 0.235. The third-order valence-electron chi connectivity index (χ3n) is 6.82. The van der Waals surface area contributed by atoms with Gasteiger partial charge in [-0.1, -0.05) is 106 Å². The summed E-state index contributed by atoms with van der Waals surface area (Å²) < 4.78 is 30.0. The number of carbonyl (C=O) groups is 2. The summed E-state index contributed by atoms with van der Waals surface area (Å²) in [4.78, 5) is 29.9. The molecule has 0 aromatic heterocycles. The number of rotatable bonds is 11. The maximum absolute atomic E-state index is 14.5. The Kier molecular flexibility index (Phi) is 11.4. The molecule has 45 heavy (non-hydrogen) atoms. The second kappa shape index (κ2) is 14.8. The van der Waals surface area contributed by atoms with E-state index in [4.69, 9.17) is 23.2 Å². The van der Waals surface area contributed by atoms with Crippen LogP contribution in [0.1, 0.15) is 31.9 Å². The first-order valence-corrected chi connectivity index (χ1v) is 17.2. The molecule has 236 valence electrons. The second-order valence-electron chi connectivity index (χ2n) is 11.5. The van der Waals surface area contributed by atoms with Gasteiger partial charge in [-0.15, -0.1) is 0 Å². The van der Waals surface area contributed by atoms with Crippen molar-refractivity contribution in [3.8, 4) is 0 Å². The van der Waals surface area contributed by atoms with Gasteiger partial charge in [-0.05, 0) is 68.3 Å². The number of halogens is 3. The van der Waals surface area contributed by atoms with Gasteiger partial charge < -0.3 is 10.2 Å². The zero-order chi connectivity index (χ0) is 32.8. The van der Waals surface area contributed by atoms with Gasteiger partial charge in [-0.2, -0.15) is 0 Å². The van der Waals surface area contributed by atoms with Crippen molar-refractivity contribution in [2.24, 2.45) is 0 Å². The minimum absolute atomic E-state index is 0.0173. The summed E-state index contributed by atoms with van der Waals surface area (Å²) in [5.41, 5.74) is 1.04. The Hall–Kier alpha value is -3.37. The third-order valence-corrected chi connectivity index (χ3v) is 9.90. The van der Waals surface area contributed by atoms with Gasteiger partial charge in [0.2, 0.25) is 11.8 Å². The van der Waals surface area contributed by atoms with Gasteiger partial charge in [0.05, 0.1) is 20.6 Å². The van der Waals surface area contributed by atoms with Gasteiger partial charge in [0.25, 0.3) is 10.0 Å². The lowest BCUT2D eigenvalue weighted by molar-refractivity contribution is -0.140. The summed E-state index contributed by atoms with van der Waals surface area (Å²) in [5.74, 6) is -0.969. The van der Waals surface area contributed by atoms with Gasteiger partial charge in [-0.25, -0.2) is 8.42 Å². The van der Waals surface area contributed by atoms with E-state index in [9.17, 15) is 18.0 Å². The van der Waals surface area contributed by atoms with Gasteiger partial charge in [0, 0.05) is 23.0 Å². The van der Waals surface area contributed by atoms with E-state index < -0.39 is 34.1 Å². The first kappa shape index (κ1) is 34.5. The summed E-state index contributed by atoms with van der Waals surface area (Å²) in [6, 6.07) is 28.2. The Labute approximate surface area is 283 Å². The summed E-state index contributed by atoms with van der Waals surface area (Å²) in [7, 11) is -4.30. The van der Waals surface area contributed by atoms with Crippen LogP contribution in [0.15, 0.2) is 112 Å². The van der Waals surface area contributed by atoms with E-state index in [1.807, 2.05) is 75.4 Å². The first-order valence-electron chi connectivity index (χ1n) is 14.2. The van der Waals surface area contributed by atoms with Gasteiger partial charge >= 0.3 is 0 Å². The Morgan fingerprint density at radius 2 is 1.44 bits per heavy atom. The van der Waals surface area contributed by atoms with E-state index >= 15 is 0 Å². The van der Waals surface area contributed by atoms with E-state index in [2.05, 4.69) is 21.2 Å². The van der Waals surface area contributed by atoms with Gasteiger partial charge in [0.15, 0.2) is 0 Å². The number of hydrogen-bond donors (Lipinski definition) is 1. The SMILES string of the molecule is CC(C)(C)NC(=O)[C@@H](Cc1ccccc1)N(Cc1cccc(Br)c1)C(=O)CN(c1cccc(Cl)c1Cl)S(=O)(=O)c1ccccc1. The fourth-order valence-corrected chi connectivity index (χ4v) is 7.10. The van der Waals surface area contributed by atoms with Crippen LogP contribution in [0.25, 0.3) is 0 Å². The number of nitrogens with zero attached hydrogens (tertiary/aromatic N) is 2. The summed E-state index contributed by atoms with van der Waals surface area (Å²) in [6.07, 6.45) is 0.200. The van der Waals surface area contributed by atoms with Crippen molar-refractivity contribution in [2.75, 3.05) is 10.8 Å². The molecule has 4 aromatic carbocycles. The Balaban J connectivity index is 1.84. The molecule has 1 N–H and O–H groups in total. The highest BCUT2D eigenvalue weighted by Crippen LogP contribution is 2.35. The lowest BCUT2D eigenvalue weighted by Crippen LogP contribution is -2.56. The first-order chi connectivity index (χ1) is 21.3. The molecule has 0 saturated carbocycles. The molecule has 0 spiro atoms. The van der Waals surface area contributed by atoms with E-state index in [0.717, 1.165) is 19.9 Å². The molecule has 2 amide bonds. The molecule has 0 heterocycles. The topological polar surface area (TPSA) is 86.8 Å². The minimum Gasteiger partial charge on any atom is -0.350 e. The zero-order valence-electron chi connectivity index (χ0n) is 25.1. The smallest absolute Gasteiger partial charge is 0.264 e. The zero-order valence-corrected chi connectivity index (χ0v) is 29.0. The lowest BCUT2D eigenvalue weighted by atomic mass is 10.0. The largest absolute Gasteiger partial charge is 0.350 e. The van der Waals surface area contributed by atoms with Crippen LogP contribution in [-0.2, 0) is 32.6 Å². The molecular formula is C34H34BrCl2N3O4S. The van der Waals surface area contributed by atoms with E-state index in [0.29, 0.717) is 0 Å². The Morgan fingerprint density at radius 1 is 0.844 bits per heavy atom. The molecule has 0 saturated heterocycles. The van der Waals surface area contributed by atoms with Crippen LogP contribution in [0, 0.1) is 0 Å². The molecule has 0 fully saturated rings. The molecule has 0 radical (unpaired) electrons. The van der Waals surface area contributed by atoms with Crippen molar-refractivity contribution in [3.63, 3.8) is 0 Å². The number of nitrogens with one attached hydrogen (secondary N) is 1. The Bertz CT molecular complexity index is 1750. The van der Waals surface area contributed by atoms with Crippen molar-refractivity contribution in [3.05, 3.63) is 129 Å². The van der Waals surface area contributed by atoms with Crippen LogP contribution >= 0.6 is 39.1 Å². The van der Waals surface area contributed by atoms with Gasteiger partial charge in [0.1, 0.15) is 12.6 Å². The monoisotopic (exact) mass is 729 g/mol. The summed E-state index contributed by atoms with van der Waals surface area (Å²) in [5, 5.41) is 3.13. The molecule has 0 bridgehead atoms. The maximum Gasteiger partial charge on any atom is 0.264 e. The number of anilines is 1. The van der Waals surface area contributed by atoms with E-state index in [1.54, 1.807) is 24.3 Å². The van der Waals surface area contributed by atoms with Crippen LogP contribution in [0.5, 0.6) is 0 Å². The molecule has 0 aliphatic rings. The van der Waals surface area contributed by atoms with Crippen LogP contribution in [0.3, 0.4) is 0 Å². The van der Waals surface area contributed by atoms with Crippen LogP contribution < -0.4 is 9.62 Å². The van der Waals surface area contributed by atoms with Crippen molar-refractivity contribution >= 4 is 66.7 Å². The number of sulfonamides is 1. The standard InChI is InChI=1S/C34H34BrCl2N3O4S/c1-34(2,3)38-33(42)30(21-24-12-6-4-7-13-24)39(22-25-14-10-15-26(35)20-25)31(41)23-40(29-19-11-18-28(36)32(29)37)45(43,44)27-16-8-5-9-17-27/h4-20,30H,21-23H2,1-3H3,(H,38,42)/t30-/m1/s1. The average molecular weight is 732 g/mol. The van der Waals surface area contributed by atoms with Gasteiger partial charge in [-0.3, -0.25) is 13.9 Å². The molecule has 0 unspecified atom stereocenters. The molecule has 4 rings (SSSR count). The highest BCUT2D eigenvalue weighted by atomic mass is 79.9. The minimum atomic E-state index is -4.30. The predicted octanol–water partition coefficient (Wildman–Crippen LogP) is 7.51. The van der Waals surface area contributed by atoms with Crippen LogP contribution in [0.4, 0.5) is 5.69 Å². The molecule has 4 aromatic rings. The quantitative estimate of drug-likeness (QED) is 0.173. The third kappa shape index (κ3) is 9.10. The highest BCUT2D eigenvalue weighted by Gasteiger charge is 2.36. The maximum atomic E-state index is 14.5. The number of benzene rings is 4. The molecule has 11 heteroatoms. The van der Waals surface area contributed by atoms with Crippen molar-refractivity contribution in [1.82, 2.24) is 10.2 Å². The fourth-order valence-electron chi connectivity index (χ4n) is 4.76. The average Bonchev–Trinajstić information content (AvgIpc) is 2.99. The number of hydrogen-bond acceptors (Lipinski definition) is 4. The molecular weight excluding hydrogens is 697 g/mol. The second-order valence-corrected chi connectivity index (χ2v) is 15.1. The number of carbonyl (C=O) groups excluding carboxylic acids is 2. The highest BCUT2D eigenvalue weighted by molar-refractivity contribution is 9.10. The molecule has 7 nitrogen and oxygen atoms in total. The van der Waals surface area contributed by atoms with E-state index in [1.165, 1.54) is 29.2 Å². The Morgan fingerprint density at radius 3 is 2.07 bits per heavy atom. The predicted molar refractivity (Wildman–Crippen MR) is 184 cm³/mol. The van der Waals surface area contributed by atoms with Crippen molar-refractivity contribution in [2.45, 2.75) is 50.2 Å². The molecule has 1 atom stereocenters. The van der Waals surface area contributed by atoms with Crippen molar-refractivity contribution in [1.29, 1.82) is 0 Å². The molecule has 0 aliphatic heterocycles. The van der Waals surface area contributed by atoms with Crippen LogP contribution in [0.2, 0.25) is 10.0 Å². The lowest BCUT2D eigenvalue weighted by Gasteiger charge is -2.35. The van der Waals surface area contributed by atoms with Crippen molar-refractivity contribution < 1.29 is 18.0 Å². The van der Waals surface area contributed by atoms with E-state index in [-0.39, 0.29) is 39.5 Å².